The number of guanidine groups is 1. The SMILES string of the molecule is CN1C(=O)C(c2cc(OC3CC3)cc(-c3ccc(F)cc3)c2)(c2ccnc(C(F)F)c2)N=C1N. The zero-order valence-corrected chi connectivity index (χ0v) is 18.2. The Kier molecular flexibility index (Phi) is 5.27. The van der Waals surface area contributed by atoms with Crippen LogP contribution in [0.25, 0.3) is 11.1 Å². The average molecular weight is 466 g/mol. The Bertz CT molecular complexity index is 1290. The van der Waals surface area contributed by atoms with Gasteiger partial charge in [-0.25, -0.2) is 18.2 Å². The number of alkyl halides is 2. The molecule has 1 aliphatic carbocycles. The Morgan fingerprint density at radius 2 is 1.79 bits per heavy atom. The molecule has 1 fully saturated rings. The Morgan fingerprint density at radius 1 is 1.06 bits per heavy atom. The second-order valence-electron chi connectivity index (χ2n) is 8.38. The lowest BCUT2D eigenvalue weighted by molar-refractivity contribution is -0.129. The second kappa shape index (κ2) is 8.16. The number of nitrogens with zero attached hydrogens (tertiary/aromatic N) is 3. The highest BCUT2D eigenvalue weighted by Crippen LogP contribution is 2.43. The lowest BCUT2D eigenvalue weighted by Gasteiger charge is -2.27. The molecule has 1 saturated carbocycles. The molecule has 0 bridgehead atoms. The van der Waals surface area contributed by atoms with E-state index in [4.69, 9.17) is 10.5 Å². The number of nitrogens with two attached hydrogens (primary N) is 1. The van der Waals surface area contributed by atoms with Crippen molar-refractivity contribution in [2.24, 2.45) is 10.7 Å². The number of aromatic nitrogens is 1. The van der Waals surface area contributed by atoms with Crippen molar-refractivity contribution >= 4 is 11.9 Å². The van der Waals surface area contributed by atoms with Crippen molar-refractivity contribution in [3.8, 4) is 16.9 Å². The first-order valence-electron chi connectivity index (χ1n) is 10.7. The van der Waals surface area contributed by atoms with E-state index in [-0.39, 0.29) is 23.4 Å². The predicted octanol–water partition coefficient (Wildman–Crippen LogP) is 4.40. The molecule has 2 aromatic carbocycles. The standard InChI is InChI=1S/C25H21F3N4O2/c1-32-23(33)25(31-24(32)29,16-8-9-30-21(13-16)22(27)28)17-10-15(14-2-4-18(26)5-3-14)11-20(12-17)34-19-6-7-19/h2-5,8-13,19,22H,6-7H2,1H3,(H2,29,31). The van der Waals surface area contributed by atoms with Crippen LogP contribution in [0.3, 0.4) is 0 Å². The molecule has 0 radical (unpaired) electrons. The number of pyridine rings is 1. The Labute approximate surface area is 193 Å². The van der Waals surface area contributed by atoms with Gasteiger partial charge in [0.2, 0.25) is 0 Å². The molecule has 2 heterocycles. The van der Waals surface area contributed by atoms with Crippen LogP contribution in [-0.4, -0.2) is 34.9 Å². The van der Waals surface area contributed by atoms with Crippen LogP contribution < -0.4 is 10.5 Å². The van der Waals surface area contributed by atoms with Gasteiger partial charge in [-0.2, -0.15) is 0 Å². The fraction of sp³-hybridized carbons (Fsp3) is 0.240. The number of hydrogen-bond donors (Lipinski definition) is 1. The van der Waals surface area contributed by atoms with E-state index < -0.39 is 23.6 Å². The summed E-state index contributed by atoms with van der Waals surface area (Å²) >= 11 is 0. The highest BCUT2D eigenvalue weighted by atomic mass is 19.3. The van der Waals surface area contributed by atoms with Gasteiger partial charge in [0.25, 0.3) is 12.3 Å². The van der Waals surface area contributed by atoms with E-state index in [1.807, 2.05) is 0 Å². The maximum Gasteiger partial charge on any atom is 0.280 e. The molecule has 0 saturated heterocycles. The van der Waals surface area contributed by atoms with Crippen molar-refractivity contribution in [1.29, 1.82) is 0 Å². The monoisotopic (exact) mass is 466 g/mol. The summed E-state index contributed by atoms with van der Waals surface area (Å²) in [6.07, 6.45) is 0.286. The summed E-state index contributed by atoms with van der Waals surface area (Å²) in [5.41, 5.74) is 5.81. The van der Waals surface area contributed by atoms with Crippen LogP contribution in [-0.2, 0) is 10.3 Å². The molecule has 34 heavy (non-hydrogen) atoms. The summed E-state index contributed by atoms with van der Waals surface area (Å²) in [4.78, 5) is 23.0. The molecular weight excluding hydrogens is 445 g/mol. The third-order valence-electron chi connectivity index (χ3n) is 5.99. The van der Waals surface area contributed by atoms with Gasteiger partial charge in [-0.3, -0.25) is 14.7 Å². The maximum atomic E-state index is 13.6. The molecule has 1 atom stereocenters. The minimum absolute atomic E-state index is 0.0442. The zero-order valence-electron chi connectivity index (χ0n) is 18.2. The molecule has 1 amide bonds. The summed E-state index contributed by atoms with van der Waals surface area (Å²) in [6, 6.07) is 13.8. The Morgan fingerprint density at radius 3 is 2.41 bits per heavy atom. The Balaban J connectivity index is 1.74. The highest BCUT2D eigenvalue weighted by Gasteiger charge is 2.50. The minimum atomic E-state index is -2.83. The molecule has 174 valence electrons. The van der Waals surface area contributed by atoms with E-state index in [0.717, 1.165) is 12.8 Å². The molecule has 1 aliphatic heterocycles. The number of halogens is 3. The summed E-state index contributed by atoms with van der Waals surface area (Å²) < 4.78 is 46.5. The van der Waals surface area contributed by atoms with Gasteiger partial charge in [-0.05, 0) is 77.6 Å². The summed E-state index contributed by atoms with van der Waals surface area (Å²) in [6.45, 7) is 0. The van der Waals surface area contributed by atoms with Gasteiger partial charge < -0.3 is 10.5 Å². The normalized spacial score (nSPS) is 20.1. The lowest BCUT2D eigenvalue weighted by Crippen LogP contribution is -2.41. The van der Waals surface area contributed by atoms with Gasteiger partial charge in [-0.15, -0.1) is 0 Å². The summed E-state index contributed by atoms with van der Waals surface area (Å²) in [5.74, 6) is -0.424. The van der Waals surface area contributed by atoms with Crippen molar-refractivity contribution in [1.82, 2.24) is 9.88 Å². The smallest absolute Gasteiger partial charge is 0.280 e. The van der Waals surface area contributed by atoms with Crippen molar-refractivity contribution < 1.29 is 22.7 Å². The van der Waals surface area contributed by atoms with E-state index in [9.17, 15) is 18.0 Å². The second-order valence-corrected chi connectivity index (χ2v) is 8.38. The largest absolute Gasteiger partial charge is 0.490 e. The molecule has 2 N–H and O–H groups in total. The zero-order chi connectivity index (χ0) is 24.0. The molecule has 9 heteroatoms. The van der Waals surface area contributed by atoms with Gasteiger partial charge in [0, 0.05) is 13.2 Å². The van der Waals surface area contributed by atoms with Crippen molar-refractivity contribution in [2.75, 3.05) is 7.05 Å². The van der Waals surface area contributed by atoms with Crippen LogP contribution in [0.1, 0.15) is 36.1 Å². The van der Waals surface area contributed by atoms with Crippen LogP contribution in [0.5, 0.6) is 5.75 Å². The van der Waals surface area contributed by atoms with E-state index >= 15 is 0 Å². The average Bonchev–Trinajstić information content (AvgIpc) is 3.62. The first kappa shape index (κ1) is 21.9. The van der Waals surface area contributed by atoms with Gasteiger partial charge in [-0.1, -0.05) is 12.1 Å². The minimum Gasteiger partial charge on any atom is -0.490 e. The van der Waals surface area contributed by atoms with Crippen molar-refractivity contribution in [2.45, 2.75) is 30.9 Å². The number of likely N-dealkylation sites (N-methyl/N-ethyl adjacent to an activating group) is 1. The molecule has 5 rings (SSSR count). The molecule has 1 aromatic heterocycles. The van der Waals surface area contributed by atoms with Crippen molar-refractivity contribution in [3.63, 3.8) is 0 Å². The Hall–Kier alpha value is -3.88. The van der Waals surface area contributed by atoms with Gasteiger partial charge in [0.05, 0.1) is 6.10 Å². The maximum absolute atomic E-state index is 13.6. The fourth-order valence-corrected chi connectivity index (χ4v) is 4.04. The number of hydrogen-bond acceptors (Lipinski definition) is 5. The fourth-order valence-electron chi connectivity index (χ4n) is 4.04. The van der Waals surface area contributed by atoms with Crippen LogP contribution in [0.2, 0.25) is 0 Å². The molecule has 1 unspecified atom stereocenters. The lowest BCUT2D eigenvalue weighted by atomic mass is 9.81. The van der Waals surface area contributed by atoms with Gasteiger partial charge in [0.1, 0.15) is 17.3 Å². The first-order chi connectivity index (χ1) is 16.3. The van der Waals surface area contributed by atoms with E-state index in [2.05, 4.69) is 9.98 Å². The van der Waals surface area contributed by atoms with E-state index in [0.29, 0.717) is 22.4 Å². The predicted molar refractivity (Wildman–Crippen MR) is 120 cm³/mol. The third-order valence-corrected chi connectivity index (χ3v) is 5.99. The van der Waals surface area contributed by atoms with Crippen LogP contribution in [0, 0.1) is 5.82 Å². The summed E-state index contributed by atoms with van der Waals surface area (Å²) in [7, 11) is 1.48. The van der Waals surface area contributed by atoms with E-state index in [1.54, 1.807) is 30.3 Å². The molecule has 3 aromatic rings. The number of aliphatic imine (C=N–C) groups is 1. The number of ether oxygens (including phenoxy) is 1. The molecule has 6 nitrogen and oxygen atoms in total. The number of carbonyl (C=O) groups is 1. The number of amides is 1. The van der Waals surface area contributed by atoms with E-state index in [1.165, 1.54) is 42.4 Å². The van der Waals surface area contributed by atoms with Gasteiger partial charge in [0.15, 0.2) is 11.5 Å². The van der Waals surface area contributed by atoms with Gasteiger partial charge >= 0.3 is 0 Å². The third kappa shape index (κ3) is 3.76. The highest BCUT2D eigenvalue weighted by molar-refractivity contribution is 6.09. The molecular formula is C25H21F3N4O2. The quantitative estimate of drug-likeness (QED) is 0.584. The first-order valence-corrected chi connectivity index (χ1v) is 10.7. The molecule has 0 spiro atoms. The van der Waals surface area contributed by atoms with Crippen LogP contribution in [0.15, 0.2) is 65.8 Å². The topological polar surface area (TPSA) is 80.8 Å². The van der Waals surface area contributed by atoms with Crippen molar-refractivity contribution in [3.05, 3.63) is 83.4 Å². The number of carbonyl (C=O) groups excluding carboxylic acids is 1. The number of rotatable bonds is 6. The number of benzene rings is 2. The van der Waals surface area contributed by atoms with Crippen LogP contribution >= 0.6 is 0 Å². The molecule has 2 aliphatic rings. The summed E-state index contributed by atoms with van der Waals surface area (Å²) in [5, 5.41) is 0. The van der Waals surface area contributed by atoms with Crippen LogP contribution in [0.4, 0.5) is 13.2 Å².